The van der Waals surface area contributed by atoms with Crippen LogP contribution in [0.25, 0.3) is 76.9 Å². The summed E-state index contributed by atoms with van der Waals surface area (Å²) in [5, 5.41) is 30.9. The minimum atomic E-state index is -0.537. The molecule has 12 heteroatoms. The Morgan fingerprint density at radius 3 is 1.36 bits per heavy atom. The monoisotopic (exact) mass is 1550 g/mol. The zero-order valence-corrected chi connectivity index (χ0v) is 50.0. The third-order valence-electron chi connectivity index (χ3n) is 10.1. The molecule has 3 radical (unpaired) electrons. The minimum Gasteiger partial charge on any atom is -0.513 e. The average Bonchev–Trinajstić information content (AvgIpc) is 3.92. The van der Waals surface area contributed by atoms with Crippen molar-refractivity contribution in [3.8, 4) is 45.0 Å². The van der Waals surface area contributed by atoms with Crippen LogP contribution in [0.3, 0.4) is 0 Å². The van der Waals surface area contributed by atoms with Gasteiger partial charge >= 0.3 is 0 Å². The van der Waals surface area contributed by atoms with Gasteiger partial charge in [0.05, 0.1) is 28.7 Å². The maximum atomic E-state index is 10.0. The van der Waals surface area contributed by atoms with E-state index in [2.05, 4.69) is 79.9 Å². The van der Waals surface area contributed by atoms with Crippen molar-refractivity contribution in [2.45, 2.75) is 33.8 Å². The van der Waals surface area contributed by atoms with E-state index in [1.54, 1.807) is 24.5 Å². The summed E-state index contributed by atoms with van der Waals surface area (Å²) < 4.78 is 1.28. The molecular weight excluding hydrogens is 1500 g/mol. The van der Waals surface area contributed by atoms with E-state index in [0.29, 0.717) is 0 Å². The van der Waals surface area contributed by atoms with Gasteiger partial charge in [0, 0.05) is 83.5 Å². The van der Waals surface area contributed by atoms with Gasteiger partial charge in [0.15, 0.2) is 5.78 Å². The molecule has 391 valence electrons. The van der Waals surface area contributed by atoms with Gasteiger partial charge in [0.1, 0.15) is 0 Å². The van der Waals surface area contributed by atoms with E-state index in [1.807, 2.05) is 176 Å². The van der Waals surface area contributed by atoms with Gasteiger partial charge in [-0.25, -0.2) is 0 Å². The van der Waals surface area contributed by atoms with E-state index in [0.717, 1.165) is 56.1 Å². The zero-order chi connectivity index (χ0) is 51.6. The molecule has 1 unspecified atom stereocenters. The number of carbonyl (C=O) groups excluding carboxylic acids is 1. The Morgan fingerprint density at radius 2 is 0.961 bits per heavy atom. The van der Waals surface area contributed by atoms with Gasteiger partial charge < -0.3 is 25.3 Å². The van der Waals surface area contributed by atoms with Crippen LogP contribution in [0.5, 0.6) is 0 Å². The number of thiophene rings is 1. The molecule has 0 amide bonds. The van der Waals surface area contributed by atoms with Crippen LogP contribution in [0.15, 0.2) is 242 Å². The molecule has 0 bridgehead atoms. The number of pyridine rings is 4. The van der Waals surface area contributed by atoms with Gasteiger partial charge in [-0.05, 0) is 102 Å². The fourth-order valence-electron chi connectivity index (χ4n) is 6.91. The first-order valence-corrected chi connectivity index (χ1v) is 24.2. The Balaban J connectivity index is 0.000000245. The predicted octanol–water partition coefficient (Wildman–Crippen LogP) is 15.6. The summed E-state index contributed by atoms with van der Waals surface area (Å²) in [7, 11) is 0. The van der Waals surface area contributed by atoms with Crippen molar-refractivity contribution >= 4 is 49.0 Å². The van der Waals surface area contributed by atoms with Gasteiger partial charge in [0.25, 0.3) is 0 Å². The molecule has 8 nitrogen and oxygen atoms in total. The number of fused-ring (bicyclic) bond motifs is 3. The molecule has 3 N–H and O–H groups in total. The van der Waals surface area contributed by atoms with Crippen molar-refractivity contribution in [2.24, 2.45) is 0 Å². The van der Waals surface area contributed by atoms with Crippen molar-refractivity contribution in [2.75, 3.05) is 0 Å². The second kappa shape index (κ2) is 34.6. The van der Waals surface area contributed by atoms with E-state index < -0.39 is 6.10 Å². The summed E-state index contributed by atoms with van der Waals surface area (Å²) in [5.41, 5.74) is 10.2. The normalized spacial score (nSPS) is 10.6. The van der Waals surface area contributed by atoms with Crippen LogP contribution >= 0.6 is 11.3 Å². The quantitative estimate of drug-likeness (QED) is 0.0853. The molecule has 11 aromatic rings. The third-order valence-corrected chi connectivity index (χ3v) is 10.9. The minimum absolute atomic E-state index is 0. The largest absolute Gasteiger partial charge is 0.513 e. The number of rotatable bonds is 6. The van der Waals surface area contributed by atoms with Crippen molar-refractivity contribution in [3.05, 3.63) is 266 Å². The fraction of sp³-hybridized carbons (Fsp3) is 0.0781. The molecule has 6 aromatic carbocycles. The topological polar surface area (TPSA) is 129 Å². The molecule has 0 aliphatic rings. The van der Waals surface area contributed by atoms with Crippen LogP contribution in [0, 0.1) is 24.3 Å². The van der Waals surface area contributed by atoms with Crippen molar-refractivity contribution in [1.82, 2.24) is 19.9 Å². The number of hydrogen-bond acceptors (Lipinski definition) is 9. The number of hydrogen-bond donors (Lipinski definition) is 3. The second-order valence-electron chi connectivity index (χ2n) is 16.0. The number of nitrogens with zero attached hydrogens (tertiary/aromatic N) is 4. The van der Waals surface area contributed by atoms with Crippen molar-refractivity contribution in [3.63, 3.8) is 0 Å². The van der Waals surface area contributed by atoms with E-state index >= 15 is 0 Å². The number of aromatic nitrogens is 4. The van der Waals surface area contributed by atoms with Gasteiger partial charge in [-0.15, -0.1) is 155 Å². The Hall–Kier alpha value is -6.94. The van der Waals surface area contributed by atoms with Gasteiger partial charge in [-0.3, -0.25) is 14.8 Å². The molecule has 0 aliphatic heterocycles. The van der Waals surface area contributed by atoms with Crippen LogP contribution < -0.4 is 0 Å². The molecular formula is C64H54Ir3N4O4S-4. The standard InChI is InChI=1S/2C15H10N.C13H8NS.C11H8N.C5H10O2.C5H8O2.3Ir/c2*1-2-6-12(7-3-1)15-11-10-13-8-4-5-9-14(13)16-15;1-2-4-10(5-3-1)13-11-7-9-15-12(11)6-8-14-13;1-2-6-10(7-3-1)11-8-4-5-9-12-11;2*1-4(6)3-5(2)7;;;/h2*1-6,8-11H;1-4,6-9H;1-6,8-9H;3-4,6-7H,1-2H3;3,6H,1-2H3;;;/q4*-1;;;;;. The first-order valence-electron chi connectivity index (χ1n) is 23.3. The summed E-state index contributed by atoms with van der Waals surface area (Å²) in [4.78, 5) is 27.9. The first kappa shape index (κ1) is 63.4. The number of benzene rings is 6. The summed E-state index contributed by atoms with van der Waals surface area (Å²) in [6.45, 7) is 5.95. The molecule has 0 spiro atoms. The maximum absolute atomic E-state index is 10.0. The number of allylic oxidation sites excluding steroid dienone is 3. The Labute approximate surface area is 490 Å². The molecule has 0 saturated carbocycles. The molecule has 5 heterocycles. The second-order valence-corrected chi connectivity index (χ2v) is 17.0. The maximum Gasteiger partial charge on any atom is 0.155 e. The number of carbonyl (C=O) groups is 1. The molecule has 5 aromatic heterocycles. The average molecular weight is 1550 g/mol. The molecule has 0 fully saturated rings. The third kappa shape index (κ3) is 21.4. The summed E-state index contributed by atoms with van der Waals surface area (Å²) in [6.07, 6.45) is 5.63. The van der Waals surface area contributed by atoms with Crippen LogP contribution in [0.4, 0.5) is 0 Å². The van der Waals surface area contributed by atoms with Crippen molar-refractivity contribution in [1.29, 1.82) is 0 Å². The molecule has 1 atom stereocenters. The van der Waals surface area contributed by atoms with Crippen molar-refractivity contribution < 1.29 is 80.4 Å². The zero-order valence-electron chi connectivity index (χ0n) is 42.0. The Kier molecular flexibility index (Phi) is 28.8. The van der Waals surface area contributed by atoms with E-state index in [-0.39, 0.29) is 77.6 Å². The van der Waals surface area contributed by atoms with Crippen LogP contribution in [-0.4, -0.2) is 47.1 Å². The molecule has 76 heavy (non-hydrogen) atoms. The Bertz CT molecular complexity index is 3300. The van der Waals surface area contributed by atoms with E-state index in [9.17, 15) is 4.79 Å². The summed E-state index contributed by atoms with van der Waals surface area (Å²) in [6, 6.07) is 78.8. The number of para-hydroxylation sites is 2. The number of aliphatic hydroxyl groups is 3. The van der Waals surface area contributed by atoms with Gasteiger partial charge in [-0.1, -0.05) is 78.9 Å². The van der Waals surface area contributed by atoms with Gasteiger partial charge in [0.2, 0.25) is 0 Å². The first-order chi connectivity index (χ1) is 35.5. The summed E-state index contributed by atoms with van der Waals surface area (Å²) in [5.74, 6) is 0.0995. The molecule has 11 rings (SSSR count). The number of aliphatic hydroxyl groups excluding tert-OH is 3. The SMILES string of the molecule is CC(=O)C=C(C)O.CC(O)=CC(C)O.[Ir].[Ir].[Ir].[c-]1ccccc1-c1ccc2ccccc2n1.[c-]1ccccc1-c1ccc2ccccc2n1.[c-]1ccccc1-c1ccccn1.[c-]1ccccc1-c1nccc2sccc12. The molecule has 0 aliphatic carbocycles. The van der Waals surface area contributed by atoms with Gasteiger partial charge in [-0.2, -0.15) is 0 Å². The molecule has 0 saturated heterocycles. The Morgan fingerprint density at radius 1 is 0.500 bits per heavy atom. The van der Waals surface area contributed by atoms with Crippen LogP contribution in [-0.2, 0) is 65.1 Å². The number of ketones is 1. The van der Waals surface area contributed by atoms with E-state index in [4.69, 9.17) is 15.3 Å². The van der Waals surface area contributed by atoms with Crippen LogP contribution in [0.2, 0.25) is 0 Å². The van der Waals surface area contributed by atoms with Crippen LogP contribution in [0.1, 0.15) is 27.7 Å². The van der Waals surface area contributed by atoms with E-state index in [1.165, 1.54) is 53.8 Å². The smallest absolute Gasteiger partial charge is 0.155 e. The predicted molar refractivity (Wildman–Crippen MR) is 300 cm³/mol. The fourth-order valence-corrected chi connectivity index (χ4v) is 7.69. The summed E-state index contributed by atoms with van der Waals surface area (Å²) >= 11 is 1.74.